The zero-order chi connectivity index (χ0) is 21.1. The third kappa shape index (κ3) is 4.77. The Morgan fingerprint density at radius 1 is 1.20 bits per heavy atom. The maximum absolute atomic E-state index is 11.4. The summed E-state index contributed by atoms with van der Waals surface area (Å²) < 4.78 is 11.8. The normalized spacial score (nSPS) is 23.1. The number of hydrogen-bond acceptors (Lipinski definition) is 5. The van der Waals surface area contributed by atoms with Crippen LogP contribution in [-0.2, 0) is 22.4 Å². The molecule has 1 saturated heterocycles. The molecule has 1 fully saturated rings. The van der Waals surface area contributed by atoms with E-state index in [2.05, 4.69) is 47.9 Å². The summed E-state index contributed by atoms with van der Waals surface area (Å²) in [5.41, 5.74) is 5.86. The second kappa shape index (κ2) is 9.06. The van der Waals surface area contributed by atoms with Gasteiger partial charge in [0.2, 0.25) is 5.91 Å². The standard InChI is InChI=1S/C24H30N2O4/c1-3-17-5-6-18(23-13-20(28)14-24(30-23)26-15(2)27)12-19(17)10-16-4-7-22-21(11-16)25-8-9-29-22/h4-7,11-12,20,23-25,28H,3,8-10,13-14H2,1-2H3,(H,26,27). The Kier molecular flexibility index (Phi) is 6.25. The smallest absolute Gasteiger partial charge is 0.218 e. The van der Waals surface area contributed by atoms with Crippen molar-refractivity contribution in [3.05, 3.63) is 58.7 Å². The molecule has 0 aromatic heterocycles. The minimum atomic E-state index is -0.498. The number of aliphatic hydroxyl groups is 1. The van der Waals surface area contributed by atoms with Gasteiger partial charge in [-0.05, 0) is 47.2 Å². The summed E-state index contributed by atoms with van der Waals surface area (Å²) >= 11 is 0. The zero-order valence-corrected chi connectivity index (χ0v) is 17.6. The van der Waals surface area contributed by atoms with Crippen molar-refractivity contribution in [2.45, 2.75) is 58.0 Å². The largest absolute Gasteiger partial charge is 0.490 e. The number of aryl methyl sites for hydroxylation is 1. The van der Waals surface area contributed by atoms with Crippen LogP contribution in [0.3, 0.4) is 0 Å². The molecule has 1 amide bonds. The third-order valence-corrected chi connectivity index (χ3v) is 5.76. The highest BCUT2D eigenvalue weighted by molar-refractivity contribution is 5.73. The molecule has 3 N–H and O–H groups in total. The van der Waals surface area contributed by atoms with Gasteiger partial charge in [-0.25, -0.2) is 0 Å². The van der Waals surface area contributed by atoms with E-state index in [0.29, 0.717) is 19.4 Å². The van der Waals surface area contributed by atoms with Crippen molar-refractivity contribution in [3.8, 4) is 5.75 Å². The number of nitrogens with one attached hydrogen (secondary N) is 2. The number of amides is 1. The van der Waals surface area contributed by atoms with Crippen molar-refractivity contribution in [2.24, 2.45) is 0 Å². The van der Waals surface area contributed by atoms with Gasteiger partial charge in [0, 0.05) is 26.3 Å². The summed E-state index contributed by atoms with van der Waals surface area (Å²) in [4.78, 5) is 11.4. The summed E-state index contributed by atoms with van der Waals surface area (Å²) in [7, 11) is 0. The van der Waals surface area contributed by atoms with Crippen LogP contribution in [0.25, 0.3) is 0 Å². The monoisotopic (exact) mass is 410 g/mol. The first kappa shape index (κ1) is 20.7. The van der Waals surface area contributed by atoms with Gasteiger partial charge in [0.25, 0.3) is 0 Å². The van der Waals surface area contributed by atoms with E-state index >= 15 is 0 Å². The fourth-order valence-corrected chi connectivity index (χ4v) is 4.31. The molecular weight excluding hydrogens is 380 g/mol. The first-order valence-electron chi connectivity index (χ1n) is 10.7. The van der Waals surface area contributed by atoms with Crippen LogP contribution >= 0.6 is 0 Å². The summed E-state index contributed by atoms with van der Waals surface area (Å²) in [6.07, 6.45) is 1.51. The molecule has 6 nitrogen and oxygen atoms in total. The van der Waals surface area contributed by atoms with Gasteiger partial charge < -0.3 is 25.2 Å². The number of anilines is 1. The maximum atomic E-state index is 11.4. The Balaban J connectivity index is 1.57. The predicted octanol–water partition coefficient (Wildman–Crippen LogP) is 3.32. The van der Waals surface area contributed by atoms with Gasteiger partial charge in [-0.15, -0.1) is 0 Å². The van der Waals surface area contributed by atoms with Gasteiger partial charge >= 0.3 is 0 Å². The third-order valence-electron chi connectivity index (χ3n) is 5.76. The number of aliphatic hydroxyl groups excluding tert-OH is 1. The highest BCUT2D eigenvalue weighted by Crippen LogP contribution is 2.33. The molecule has 0 bridgehead atoms. The van der Waals surface area contributed by atoms with Crippen LogP contribution in [0, 0.1) is 0 Å². The molecule has 4 rings (SSSR count). The number of rotatable bonds is 5. The molecule has 2 heterocycles. The second-order valence-electron chi connectivity index (χ2n) is 8.10. The van der Waals surface area contributed by atoms with Crippen molar-refractivity contribution in [2.75, 3.05) is 18.5 Å². The van der Waals surface area contributed by atoms with E-state index in [0.717, 1.165) is 36.4 Å². The molecular formula is C24H30N2O4. The lowest BCUT2D eigenvalue weighted by atomic mass is 9.91. The molecule has 0 aliphatic carbocycles. The van der Waals surface area contributed by atoms with Crippen molar-refractivity contribution >= 4 is 11.6 Å². The van der Waals surface area contributed by atoms with Crippen LogP contribution < -0.4 is 15.4 Å². The number of carbonyl (C=O) groups excluding carboxylic acids is 1. The van der Waals surface area contributed by atoms with Crippen molar-refractivity contribution in [1.82, 2.24) is 5.32 Å². The van der Waals surface area contributed by atoms with Gasteiger partial charge in [-0.1, -0.05) is 31.2 Å². The van der Waals surface area contributed by atoms with Crippen LogP contribution in [0.2, 0.25) is 0 Å². The molecule has 0 saturated carbocycles. The molecule has 160 valence electrons. The Morgan fingerprint density at radius 3 is 2.87 bits per heavy atom. The zero-order valence-electron chi connectivity index (χ0n) is 17.6. The number of ether oxygens (including phenoxy) is 2. The number of hydrogen-bond donors (Lipinski definition) is 3. The molecule has 0 radical (unpaired) electrons. The average Bonchev–Trinajstić information content (AvgIpc) is 2.72. The SMILES string of the molecule is CCc1ccc(C2CC(O)CC(NC(C)=O)O2)cc1Cc1ccc2c(c1)NCCO2. The van der Waals surface area contributed by atoms with Gasteiger partial charge in [-0.3, -0.25) is 4.79 Å². The van der Waals surface area contributed by atoms with Crippen molar-refractivity contribution in [1.29, 1.82) is 0 Å². The van der Waals surface area contributed by atoms with Crippen LogP contribution in [0.1, 0.15) is 55.0 Å². The van der Waals surface area contributed by atoms with Crippen molar-refractivity contribution in [3.63, 3.8) is 0 Å². The molecule has 0 spiro atoms. The topological polar surface area (TPSA) is 79.8 Å². The fourth-order valence-electron chi connectivity index (χ4n) is 4.31. The molecule has 2 aliphatic heterocycles. The number of benzene rings is 2. The summed E-state index contributed by atoms with van der Waals surface area (Å²) in [5, 5.41) is 16.5. The lowest BCUT2D eigenvalue weighted by molar-refractivity contribution is -0.136. The van der Waals surface area contributed by atoms with Gasteiger partial charge in [0.05, 0.1) is 17.9 Å². The lowest BCUT2D eigenvalue weighted by Crippen LogP contribution is -2.42. The van der Waals surface area contributed by atoms with Gasteiger partial charge in [0.15, 0.2) is 0 Å². The average molecular weight is 411 g/mol. The Morgan fingerprint density at radius 2 is 2.07 bits per heavy atom. The van der Waals surface area contributed by atoms with Gasteiger partial charge in [0.1, 0.15) is 18.6 Å². The number of fused-ring (bicyclic) bond motifs is 1. The molecule has 2 aromatic rings. The first-order chi connectivity index (χ1) is 14.5. The minimum Gasteiger partial charge on any atom is -0.490 e. The summed E-state index contributed by atoms with van der Waals surface area (Å²) in [5.74, 6) is 0.753. The van der Waals surface area contributed by atoms with E-state index < -0.39 is 12.3 Å². The van der Waals surface area contributed by atoms with E-state index in [1.54, 1.807) is 0 Å². The molecule has 6 heteroatoms. The van der Waals surface area contributed by atoms with Crippen LogP contribution in [0.4, 0.5) is 5.69 Å². The quantitative estimate of drug-likeness (QED) is 0.705. The van der Waals surface area contributed by atoms with E-state index in [1.165, 1.54) is 23.6 Å². The predicted molar refractivity (Wildman–Crippen MR) is 116 cm³/mol. The summed E-state index contributed by atoms with van der Waals surface area (Å²) in [6, 6.07) is 12.7. The second-order valence-corrected chi connectivity index (χ2v) is 8.10. The van der Waals surface area contributed by atoms with Gasteiger partial charge in [-0.2, -0.15) is 0 Å². The molecule has 2 aromatic carbocycles. The van der Waals surface area contributed by atoms with E-state index in [-0.39, 0.29) is 12.0 Å². The molecule has 3 unspecified atom stereocenters. The van der Waals surface area contributed by atoms with E-state index in [9.17, 15) is 9.90 Å². The maximum Gasteiger partial charge on any atom is 0.218 e. The Bertz CT molecular complexity index is 914. The van der Waals surface area contributed by atoms with E-state index in [1.807, 2.05) is 6.07 Å². The lowest BCUT2D eigenvalue weighted by Gasteiger charge is -2.34. The van der Waals surface area contributed by atoms with Crippen LogP contribution in [-0.4, -0.2) is 36.5 Å². The molecule has 30 heavy (non-hydrogen) atoms. The van der Waals surface area contributed by atoms with Crippen LogP contribution in [0.5, 0.6) is 5.75 Å². The highest BCUT2D eigenvalue weighted by Gasteiger charge is 2.30. The minimum absolute atomic E-state index is 0.153. The Hall–Kier alpha value is -2.57. The summed E-state index contributed by atoms with van der Waals surface area (Å²) in [6.45, 7) is 5.14. The van der Waals surface area contributed by atoms with Crippen LogP contribution in [0.15, 0.2) is 36.4 Å². The number of carbonyl (C=O) groups is 1. The Labute approximate surface area is 177 Å². The van der Waals surface area contributed by atoms with Crippen molar-refractivity contribution < 1.29 is 19.4 Å². The highest BCUT2D eigenvalue weighted by atomic mass is 16.5. The molecule has 2 aliphatic rings. The first-order valence-corrected chi connectivity index (χ1v) is 10.7. The van der Waals surface area contributed by atoms with E-state index in [4.69, 9.17) is 9.47 Å². The molecule has 3 atom stereocenters. The fraction of sp³-hybridized carbons (Fsp3) is 0.458.